The van der Waals surface area contributed by atoms with Crippen molar-refractivity contribution in [2.24, 2.45) is 0 Å². The highest BCUT2D eigenvalue weighted by atomic mass is 35.5. The Morgan fingerprint density at radius 1 is 1.48 bits per heavy atom. The third-order valence-electron chi connectivity index (χ3n) is 2.65. The third kappa shape index (κ3) is 4.33. The van der Waals surface area contributed by atoms with E-state index in [2.05, 4.69) is 15.0 Å². The molecule has 0 spiro atoms. The lowest BCUT2D eigenvalue weighted by molar-refractivity contribution is 0.0945. The van der Waals surface area contributed by atoms with Crippen molar-refractivity contribution in [3.05, 3.63) is 26.9 Å². The summed E-state index contributed by atoms with van der Waals surface area (Å²) in [6.45, 7) is 4.50. The zero-order valence-corrected chi connectivity index (χ0v) is 14.2. The molecule has 0 bridgehead atoms. The SMILES string of the molecule is CC(C)NC(=O)c1c(N)nsc1NCCc1ccc(Cl)s1. The van der Waals surface area contributed by atoms with Crippen LogP contribution in [-0.4, -0.2) is 22.9 Å². The summed E-state index contributed by atoms with van der Waals surface area (Å²) in [5.74, 6) is 0.0673. The van der Waals surface area contributed by atoms with E-state index in [9.17, 15) is 4.79 Å². The number of thiophene rings is 1. The van der Waals surface area contributed by atoms with Crippen LogP contribution in [0.5, 0.6) is 0 Å². The number of hydrogen-bond acceptors (Lipinski definition) is 6. The molecular weight excluding hydrogens is 328 g/mol. The first kappa shape index (κ1) is 16.1. The van der Waals surface area contributed by atoms with Crippen LogP contribution >= 0.6 is 34.5 Å². The maximum atomic E-state index is 12.1. The average molecular weight is 345 g/mol. The molecule has 21 heavy (non-hydrogen) atoms. The highest BCUT2D eigenvalue weighted by Gasteiger charge is 2.19. The van der Waals surface area contributed by atoms with Crippen LogP contribution in [0, 0.1) is 0 Å². The number of nitrogen functional groups attached to an aromatic ring is 1. The smallest absolute Gasteiger partial charge is 0.258 e. The summed E-state index contributed by atoms with van der Waals surface area (Å²) in [5.41, 5.74) is 6.22. The van der Waals surface area contributed by atoms with Crippen LogP contribution in [0.3, 0.4) is 0 Å². The Kier molecular flexibility index (Phi) is 5.44. The summed E-state index contributed by atoms with van der Waals surface area (Å²) < 4.78 is 4.83. The Hall–Kier alpha value is -1.31. The highest BCUT2D eigenvalue weighted by molar-refractivity contribution is 7.16. The molecule has 0 aromatic carbocycles. The first-order valence-corrected chi connectivity index (χ1v) is 8.48. The van der Waals surface area contributed by atoms with E-state index in [0.717, 1.165) is 10.8 Å². The zero-order valence-electron chi connectivity index (χ0n) is 11.8. The number of hydrogen-bond donors (Lipinski definition) is 3. The number of halogens is 1. The summed E-state index contributed by atoms with van der Waals surface area (Å²) in [4.78, 5) is 13.3. The molecule has 2 heterocycles. The summed E-state index contributed by atoms with van der Waals surface area (Å²) in [5, 5.41) is 6.76. The second-order valence-electron chi connectivity index (χ2n) is 4.78. The Bertz CT molecular complexity index is 623. The van der Waals surface area contributed by atoms with Crippen molar-refractivity contribution < 1.29 is 4.79 Å². The fourth-order valence-corrected chi connectivity index (χ4v) is 3.59. The Labute approximate surface area is 136 Å². The number of carbonyl (C=O) groups is 1. The van der Waals surface area contributed by atoms with Crippen molar-refractivity contribution in [3.8, 4) is 0 Å². The number of nitrogens with one attached hydrogen (secondary N) is 2. The van der Waals surface area contributed by atoms with Crippen LogP contribution in [0.4, 0.5) is 10.8 Å². The molecule has 0 saturated carbocycles. The van der Waals surface area contributed by atoms with Gasteiger partial charge in [0.25, 0.3) is 5.91 Å². The lowest BCUT2D eigenvalue weighted by Gasteiger charge is -2.10. The van der Waals surface area contributed by atoms with E-state index in [4.69, 9.17) is 17.3 Å². The van der Waals surface area contributed by atoms with Crippen molar-refractivity contribution in [1.82, 2.24) is 9.69 Å². The van der Waals surface area contributed by atoms with Gasteiger partial charge in [-0.1, -0.05) is 11.6 Å². The van der Waals surface area contributed by atoms with Gasteiger partial charge in [-0.15, -0.1) is 11.3 Å². The molecule has 0 unspecified atom stereocenters. The van der Waals surface area contributed by atoms with Gasteiger partial charge < -0.3 is 16.4 Å². The normalized spacial score (nSPS) is 10.9. The Morgan fingerprint density at radius 2 is 2.24 bits per heavy atom. The molecule has 5 nitrogen and oxygen atoms in total. The monoisotopic (exact) mass is 344 g/mol. The highest BCUT2D eigenvalue weighted by Crippen LogP contribution is 2.27. The minimum Gasteiger partial charge on any atom is -0.382 e. The van der Waals surface area contributed by atoms with Crippen molar-refractivity contribution in [3.63, 3.8) is 0 Å². The molecular formula is C13H17ClN4OS2. The van der Waals surface area contributed by atoms with Gasteiger partial charge in [-0.05, 0) is 43.9 Å². The molecule has 0 atom stereocenters. The molecule has 2 rings (SSSR count). The average Bonchev–Trinajstić information content (AvgIpc) is 2.95. The van der Waals surface area contributed by atoms with Crippen LogP contribution in [0.1, 0.15) is 29.1 Å². The van der Waals surface area contributed by atoms with Crippen LogP contribution in [0.2, 0.25) is 4.34 Å². The molecule has 2 aromatic heterocycles. The van der Waals surface area contributed by atoms with Gasteiger partial charge in [0.2, 0.25) is 0 Å². The fraction of sp³-hybridized carbons (Fsp3) is 0.385. The van der Waals surface area contributed by atoms with Crippen molar-refractivity contribution in [1.29, 1.82) is 0 Å². The predicted octanol–water partition coefficient (Wildman–Crippen LogP) is 3.23. The Morgan fingerprint density at radius 3 is 2.86 bits per heavy atom. The lowest BCUT2D eigenvalue weighted by atomic mass is 10.2. The van der Waals surface area contributed by atoms with Gasteiger partial charge in [0.1, 0.15) is 10.6 Å². The quantitative estimate of drug-likeness (QED) is 0.751. The molecule has 0 saturated heterocycles. The van der Waals surface area contributed by atoms with E-state index in [0.29, 0.717) is 17.1 Å². The number of carbonyl (C=O) groups excluding carboxylic acids is 1. The molecule has 0 aliphatic rings. The van der Waals surface area contributed by atoms with Gasteiger partial charge in [-0.2, -0.15) is 4.37 Å². The van der Waals surface area contributed by atoms with Gasteiger partial charge in [0.05, 0.1) is 4.34 Å². The first-order valence-electron chi connectivity index (χ1n) is 6.51. The van der Waals surface area contributed by atoms with E-state index in [1.807, 2.05) is 26.0 Å². The van der Waals surface area contributed by atoms with E-state index in [1.165, 1.54) is 16.4 Å². The van der Waals surface area contributed by atoms with Gasteiger partial charge in [-0.25, -0.2) is 0 Å². The van der Waals surface area contributed by atoms with Crippen LogP contribution in [0.15, 0.2) is 12.1 Å². The van der Waals surface area contributed by atoms with Gasteiger partial charge >= 0.3 is 0 Å². The summed E-state index contributed by atoms with van der Waals surface area (Å²) in [6, 6.07) is 3.94. The summed E-state index contributed by atoms with van der Waals surface area (Å²) in [6.07, 6.45) is 0.834. The number of rotatable bonds is 6. The lowest BCUT2D eigenvalue weighted by Crippen LogP contribution is -2.31. The standard InChI is InChI=1S/C13H17ClN4OS2/c1-7(2)17-12(19)10-11(15)18-21-13(10)16-6-5-8-3-4-9(14)20-8/h3-4,7,16H,5-6H2,1-2H3,(H2,15,18)(H,17,19). The maximum absolute atomic E-state index is 12.1. The minimum absolute atomic E-state index is 0.0536. The molecule has 4 N–H and O–H groups in total. The number of anilines is 2. The number of nitrogens with two attached hydrogens (primary N) is 1. The van der Waals surface area contributed by atoms with E-state index >= 15 is 0 Å². The zero-order chi connectivity index (χ0) is 15.4. The van der Waals surface area contributed by atoms with Crippen LogP contribution in [-0.2, 0) is 6.42 Å². The number of nitrogens with zero attached hydrogens (tertiary/aromatic N) is 1. The van der Waals surface area contributed by atoms with Crippen LogP contribution in [0.25, 0.3) is 0 Å². The summed E-state index contributed by atoms with van der Waals surface area (Å²) in [7, 11) is 0. The molecule has 2 aromatic rings. The molecule has 8 heteroatoms. The Balaban J connectivity index is 1.98. The predicted molar refractivity (Wildman–Crippen MR) is 90.7 cm³/mol. The van der Waals surface area contributed by atoms with Crippen LogP contribution < -0.4 is 16.4 Å². The molecule has 114 valence electrons. The van der Waals surface area contributed by atoms with E-state index < -0.39 is 0 Å². The number of amides is 1. The van der Waals surface area contributed by atoms with Gasteiger partial charge in [-0.3, -0.25) is 4.79 Å². The van der Waals surface area contributed by atoms with E-state index in [1.54, 1.807) is 11.3 Å². The third-order valence-corrected chi connectivity index (χ3v) is 4.76. The minimum atomic E-state index is -0.196. The maximum Gasteiger partial charge on any atom is 0.258 e. The number of aromatic nitrogens is 1. The molecule has 0 fully saturated rings. The van der Waals surface area contributed by atoms with Crippen molar-refractivity contribution >= 4 is 51.2 Å². The van der Waals surface area contributed by atoms with Gasteiger partial charge in [0, 0.05) is 17.5 Å². The largest absolute Gasteiger partial charge is 0.382 e. The second kappa shape index (κ2) is 7.11. The first-order chi connectivity index (χ1) is 9.97. The molecule has 0 radical (unpaired) electrons. The van der Waals surface area contributed by atoms with Gasteiger partial charge in [0.15, 0.2) is 5.82 Å². The molecule has 0 aliphatic carbocycles. The van der Waals surface area contributed by atoms with Crippen molar-refractivity contribution in [2.45, 2.75) is 26.3 Å². The van der Waals surface area contributed by atoms with E-state index in [-0.39, 0.29) is 17.8 Å². The molecule has 0 aliphatic heterocycles. The second-order valence-corrected chi connectivity index (χ2v) is 7.36. The topological polar surface area (TPSA) is 80.0 Å². The fourth-order valence-electron chi connectivity index (χ4n) is 1.76. The van der Waals surface area contributed by atoms with Crippen molar-refractivity contribution in [2.75, 3.05) is 17.6 Å². The summed E-state index contributed by atoms with van der Waals surface area (Å²) >= 11 is 8.65. The molecule has 1 amide bonds.